The predicted molar refractivity (Wildman–Crippen MR) is 263 cm³/mol. The summed E-state index contributed by atoms with van der Waals surface area (Å²) >= 11 is 0. The SMILES string of the molecule is C1=CC2=C(/C=C\c3ccc(-c4ccc5c6ccccc6n(-c6cccc(Cc7ccccc7)c6)c5c4)cc3C/C=C\C=C/CN/C=C/2)CC1.C=C.CN=C(N)c1ccccc1. The summed E-state index contributed by atoms with van der Waals surface area (Å²) in [5.74, 6) is 0.584. The molecule has 2 heterocycles. The second-order valence-electron chi connectivity index (χ2n) is 14.9. The number of allylic oxidation sites excluding steroid dienone is 9. The molecule has 0 saturated heterocycles. The van der Waals surface area contributed by atoms with E-state index in [4.69, 9.17) is 5.73 Å². The zero-order chi connectivity index (χ0) is 42.2. The van der Waals surface area contributed by atoms with Crippen LogP contribution >= 0.6 is 0 Å². The van der Waals surface area contributed by atoms with Crippen LogP contribution in [-0.4, -0.2) is 24.0 Å². The molecule has 3 N–H and O–H groups in total. The number of fused-ring (bicyclic) bond motifs is 4. The highest BCUT2D eigenvalue weighted by Gasteiger charge is 2.14. The second-order valence-corrected chi connectivity index (χ2v) is 14.9. The van der Waals surface area contributed by atoms with Crippen molar-refractivity contribution in [3.8, 4) is 16.8 Å². The van der Waals surface area contributed by atoms with Crippen molar-refractivity contribution in [3.63, 3.8) is 0 Å². The number of benzene rings is 6. The van der Waals surface area contributed by atoms with E-state index in [0.717, 1.165) is 37.8 Å². The molecule has 0 fully saturated rings. The first-order valence-electron chi connectivity index (χ1n) is 21.0. The molecule has 7 aromatic rings. The number of nitrogens with one attached hydrogen (secondary N) is 1. The van der Waals surface area contributed by atoms with E-state index in [1.807, 2.05) is 30.3 Å². The number of rotatable bonds is 5. The average molecular weight is 795 g/mol. The maximum Gasteiger partial charge on any atom is 0.125 e. The minimum atomic E-state index is 0.584. The molecule has 0 spiro atoms. The van der Waals surface area contributed by atoms with E-state index >= 15 is 0 Å². The molecule has 2 aliphatic rings. The Labute approximate surface area is 361 Å². The summed E-state index contributed by atoms with van der Waals surface area (Å²) in [6, 6.07) is 52.2. The van der Waals surface area contributed by atoms with Gasteiger partial charge in [-0.3, -0.25) is 4.99 Å². The summed E-state index contributed by atoms with van der Waals surface area (Å²) < 4.78 is 2.44. The van der Waals surface area contributed by atoms with Crippen molar-refractivity contribution in [3.05, 3.63) is 253 Å². The molecule has 1 aliphatic carbocycles. The molecule has 4 nitrogen and oxygen atoms in total. The van der Waals surface area contributed by atoms with Gasteiger partial charge in [-0.15, -0.1) is 13.2 Å². The van der Waals surface area contributed by atoms with Crippen LogP contribution in [0, 0.1) is 0 Å². The zero-order valence-corrected chi connectivity index (χ0v) is 35.1. The van der Waals surface area contributed by atoms with Crippen LogP contribution in [0.5, 0.6) is 0 Å². The van der Waals surface area contributed by atoms with Gasteiger partial charge in [-0.1, -0.05) is 170 Å². The lowest BCUT2D eigenvalue weighted by atomic mass is 9.93. The fourth-order valence-electron chi connectivity index (χ4n) is 7.87. The van der Waals surface area contributed by atoms with Gasteiger partial charge in [-0.25, -0.2) is 0 Å². The second kappa shape index (κ2) is 21.0. The summed E-state index contributed by atoms with van der Waals surface area (Å²) in [5.41, 5.74) is 20.5. The maximum atomic E-state index is 5.54. The number of para-hydroxylation sites is 1. The molecular formula is C57H54N4. The van der Waals surface area contributed by atoms with Crippen LogP contribution in [0.15, 0.2) is 230 Å². The van der Waals surface area contributed by atoms with Crippen molar-refractivity contribution >= 4 is 33.7 Å². The molecular weight excluding hydrogens is 741 g/mol. The smallest absolute Gasteiger partial charge is 0.125 e. The minimum absolute atomic E-state index is 0.584. The van der Waals surface area contributed by atoms with Gasteiger partial charge in [0.1, 0.15) is 5.84 Å². The van der Waals surface area contributed by atoms with Crippen molar-refractivity contribution in [1.82, 2.24) is 9.88 Å². The first-order valence-corrected chi connectivity index (χ1v) is 21.0. The van der Waals surface area contributed by atoms with Gasteiger partial charge in [0, 0.05) is 35.6 Å². The number of nitrogens with two attached hydrogens (primary N) is 1. The Balaban J connectivity index is 0.000000409. The molecule has 1 aliphatic heterocycles. The van der Waals surface area contributed by atoms with Gasteiger partial charge in [0.15, 0.2) is 0 Å². The number of amidine groups is 1. The lowest BCUT2D eigenvalue weighted by Crippen LogP contribution is -2.12. The van der Waals surface area contributed by atoms with Gasteiger partial charge >= 0.3 is 0 Å². The molecule has 6 aromatic carbocycles. The van der Waals surface area contributed by atoms with Crippen LogP contribution < -0.4 is 11.1 Å². The number of hydrogen-bond donors (Lipinski definition) is 2. The first-order chi connectivity index (χ1) is 30.1. The Bertz CT molecular complexity index is 2790. The van der Waals surface area contributed by atoms with E-state index in [0.29, 0.717) is 5.84 Å². The normalized spacial score (nSPS) is 15.9. The van der Waals surface area contributed by atoms with E-state index in [1.54, 1.807) is 7.05 Å². The molecule has 1 aromatic heterocycles. The van der Waals surface area contributed by atoms with Crippen LogP contribution in [-0.2, 0) is 12.8 Å². The number of nitrogens with zero attached hydrogens (tertiary/aromatic N) is 2. The number of aromatic nitrogens is 1. The molecule has 302 valence electrons. The van der Waals surface area contributed by atoms with E-state index < -0.39 is 0 Å². The Morgan fingerprint density at radius 2 is 1.38 bits per heavy atom. The van der Waals surface area contributed by atoms with Crippen molar-refractivity contribution in [2.45, 2.75) is 25.7 Å². The highest BCUT2D eigenvalue weighted by atomic mass is 15.0. The Hall–Kier alpha value is -7.43. The number of aliphatic imine (C=N–C) groups is 1. The summed E-state index contributed by atoms with van der Waals surface area (Å²) in [6.45, 7) is 6.81. The maximum absolute atomic E-state index is 5.54. The third-order valence-corrected chi connectivity index (χ3v) is 10.9. The van der Waals surface area contributed by atoms with Gasteiger partial charge in [-0.2, -0.15) is 0 Å². The number of hydrogen-bond acceptors (Lipinski definition) is 2. The Kier molecular flexibility index (Phi) is 14.4. The quantitative estimate of drug-likeness (QED) is 0.104. The van der Waals surface area contributed by atoms with E-state index in [-0.39, 0.29) is 0 Å². The molecule has 0 unspecified atom stereocenters. The highest BCUT2D eigenvalue weighted by molar-refractivity contribution is 6.10. The lowest BCUT2D eigenvalue weighted by Gasteiger charge is -2.13. The summed E-state index contributed by atoms with van der Waals surface area (Å²) in [5, 5.41) is 5.93. The fraction of sp³-hybridized carbons (Fsp3) is 0.105. The van der Waals surface area contributed by atoms with Gasteiger partial charge in [0.2, 0.25) is 0 Å². The Morgan fingerprint density at radius 1 is 0.656 bits per heavy atom. The standard InChI is InChI=1S/C47H40N2.C8H10N2.C2H4/c1-2-11-29-48-30-28-38-17-8-7-16-37(38)22-23-39-24-25-41(33-40(39)18-6-1)42-26-27-45-44-20-9-10-21-46(44)49(47(45)34-42)43-19-12-15-36(32-43)31-35-13-4-3-5-14-35;1-10-8(9)7-5-3-2-4-6-7;1-2/h1-6,8-15,17,19-28,30,32-34,48H,7,16,18,29,31H2;2-6H,1H3,(H2,9,10);1-2H2/b6-1-,11-2-,23-22-,30-28+;;. The molecule has 0 bridgehead atoms. The van der Waals surface area contributed by atoms with Gasteiger partial charge < -0.3 is 15.6 Å². The first kappa shape index (κ1) is 41.7. The zero-order valence-electron chi connectivity index (χ0n) is 35.1. The molecule has 4 heteroatoms. The molecule has 61 heavy (non-hydrogen) atoms. The van der Waals surface area contributed by atoms with Crippen molar-refractivity contribution in [2.24, 2.45) is 10.7 Å². The lowest BCUT2D eigenvalue weighted by molar-refractivity contribution is 0.966. The molecule has 9 rings (SSSR count). The monoisotopic (exact) mass is 794 g/mol. The third-order valence-electron chi connectivity index (χ3n) is 10.9. The van der Waals surface area contributed by atoms with Crippen LogP contribution in [0.4, 0.5) is 0 Å². The Morgan fingerprint density at radius 3 is 2.21 bits per heavy atom. The fourth-order valence-corrected chi connectivity index (χ4v) is 7.87. The third kappa shape index (κ3) is 10.4. The summed E-state index contributed by atoms with van der Waals surface area (Å²) in [7, 11) is 1.68. The van der Waals surface area contributed by atoms with Crippen molar-refractivity contribution < 1.29 is 0 Å². The van der Waals surface area contributed by atoms with Gasteiger partial charge in [0.25, 0.3) is 0 Å². The topological polar surface area (TPSA) is 55.3 Å². The van der Waals surface area contributed by atoms with Crippen LogP contribution in [0.2, 0.25) is 0 Å². The van der Waals surface area contributed by atoms with Gasteiger partial charge in [0.05, 0.1) is 11.0 Å². The molecule has 0 atom stereocenters. The van der Waals surface area contributed by atoms with E-state index in [1.165, 1.54) is 72.0 Å². The summed E-state index contributed by atoms with van der Waals surface area (Å²) in [4.78, 5) is 3.85. The molecule has 0 radical (unpaired) electrons. The van der Waals surface area contributed by atoms with Crippen molar-refractivity contribution in [2.75, 3.05) is 13.6 Å². The van der Waals surface area contributed by atoms with E-state index in [2.05, 4.69) is 204 Å². The van der Waals surface area contributed by atoms with Crippen LogP contribution in [0.3, 0.4) is 0 Å². The van der Waals surface area contributed by atoms with Crippen LogP contribution in [0.1, 0.15) is 40.7 Å². The average Bonchev–Trinajstić information content (AvgIpc) is 3.65. The van der Waals surface area contributed by atoms with E-state index in [9.17, 15) is 0 Å². The highest BCUT2D eigenvalue weighted by Crippen LogP contribution is 2.36. The van der Waals surface area contributed by atoms with Gasteiger partial charge in [-0.05, 0) is 107 Å². The largest absolute Gasteiger partial charge is 0.387 e. The molecule has 0 amide bonds. The minimum Gasteiger partial charge on any atom is -0.387 e. The molecule has 0 saturated carbocycles. The van der Waals surface area contributed by atoms with Crippen LogP contribution in [0.25, 0.3) is 44.7 Å². The van der Waals surface area contributed by atoms with Crippen molar-refractivity contribution in [1.29, 1.82) is 0 Å². The predicted octanol–water partition coefficient (Wildman–Crippen LogP) is 13.3. The summed E-state index contributed by atoms with van der Waals surface area (Å²) in [6.07, 6.45) is 26.0.